The molecule has 1 unspecified atom stereocenters. The van der Waals surface area contributed by atoms with Gasteiger partial charge in [-0.15, -0.1) is 0 Å². The first kappa shape index (κ1) is 16.8. The van der Waals surface area contributed by atoms with E-state index in [-0.39, 0.29) is 11.8 Å². The van der Waals surface area contributed by atoms with Crippen LogP contribution in [0.3, 0.4) is 0 Å². The van der Waals surface area contributed by atoms with Crippen molar-refractivity contribution in [3.05, 3.63) is 71.4 Å². The van der Waals surface area contributed by atoms with E-state index in [2.05, 4.69) is 15.5 Å². The Bertz CT molecular complexity index is 877. The van der Waals surface area contributed by atoms with Gasteiger partial charge in [-0.2, -0.15) is 4.98 Å². The summed E-state index contributed by atoms with van der Waals surface area (Å²) >= 11 is 0. The van der Waals surface area contributed by atoms with Crippen molar-refractivity contribution in [3.63, 3.8) is 0 Å². The SMILES string of the molecule is Cc1c(F)cccc1C(=O)NCC(C)c1nc(-c2ccccc2)no1. The molecule has 0 saturated heterocycles. The van der Waals surface area contributed by atoms with Crippen molar-refractivity contribution >= 4 is 5.91 Å². The standard InChI is InChI=1S/C19H18FN3O2/c1-12(11-21-18(24)15-9-6-10-16(20)13(15)2)19-22-17(23-25-19)14-7-4-3-5-8-14/h3-10,12H,11H2,1-2H3,(H,21,24). The minimum atomic E-state index is -0.398. The van der Waals surface area contributed by atoms with Gasteiger partial charge in [0.05, 0.1) is 5.92 Å². The Hall–Kier alpha value is -3.02. The fourth-order valence-electron chi connectivity index (χ4n) is 2.42. The minimum absolute atomic E-state index is 0.164. The summed E-state index contributed by atoms with van der Waals surface area (Å²) in [4.78, 5) is 16.6. The molecule has 0 aliphatic heterocycles. The molecule has 0 saturated carbocycles. The number of amides is 1. The van der Waals surface area contributed by atoms with Gasteiger partial charge >= 0.3 is 0 Å². The van der Waals surface area contributed by atoms with Crippen molar-refractivity contribution < 1.29 is 13.7 Å². The number of carbonyl (C=O) groups is 1. The van der Waals surface area contributed by atoms with Gasteiger partial charge in [-0.1, -0.05) is 48.5 Å². The molecule has 3 aromatic rings. The van der Waals surface area contributed by atoms with Crippen LogP contribution in [0.5, 0.6) is 0 Å². The van der Waals surface area contributed by atoms with Crippen LogP contribution in [0, 0.1) is 12.7 Å². The maximum Gasteiger partial charge on any atom is 0.251 e. The number of hydrogen-bond donors (Lipinski definition) is 1. The van der Waals surface area contributed by atoms with E-state index in [1.165, 1.54) is 12.1 Å². The molecule has 3 rings (SSSR count). The molecule has 1 amide bonds. The molecule has 0 aliphatic rings. The summed E-state index contributed by atoms with van der Waals surface area (Å²) in [6.45, 7) is 3.77. The van der Waals surface area contributed by atoms with Crippen molar-refractivity contribution in [2.24, 2.45) is 0 Å². The summed E-state index contributed by atoms with van der Waals surface area (Å²) in [5.41, 5.74) is 1.52. The van der Waals surface area contributed by atoms with E-state index in [0.29, 0.717) is 29.4 Å². The molecule has 0 fully saturated rings. The zero-order valence-corrected chi connectivity index (χ0v) is 14.0. The van der Waals surface area contributed by atoms with E-state index < -0.39 is 5.82 Å². The van der Waals surface area contributed by atoms with Crippen LogP contribution in [0.25, 0.3) is 11.4 Å². The Morgan fingerprint density at radius 2 is 1.96 bits per heavy atom. The summed E-state index contributed by atoms with van der Waals surface area (Å²) in [5.74, 6) is 0.0596. The maximum absolute atomic E-state index is 13.6. The minimum Gasteiger partial charge on any atom is -0.351 e. The van der Waals surface area contributed by atoms with Gasteiger partial charge in [-0.25, -0.2) is 4.39 Å². The normalized spacial score (nSPS) is 12.0. The summed E-state index contributed by atoms with van der Waals surface area (Å²) in [6.07, 6.45) is 0. The van der Waals surface area contributed by atoms with E-state index in [9.17, 15) is 9.18 Å². The van der Waals surface area contributed by atoms with E-state index in [1.807, 2.05) is 37.3 Å². The number of carbonyl (C=O) groups excluding carboxylic acids is 1. The predicted molar refractivity (Wildman–Crippen MR) is 91.6 cm³/mol. The van der Waals surface area contributed by atoms with E-state index in [1.54, 1.807) is 13.0 Å². The van der Waals surface area contributed by atoms with Gasteiger partial charge in [0.1, 0.15) is 5.82 Å². The van der Waals surface area contributed by atoms with Crippen LogP contribution < -0.4 is 5.32 Å². The fraction of sp³-hybridized carbons (Fsp3) is 0.211. The third-order valence-electron chi connectivity index (χ3n) is 3.98. The van der Waals surface area contributed by atoms with E-state index in [0.717, 1.165) is 5.56 Å². The first-order chi connectivity index (χ1) is 12.1. The monoisotopic (exact) mass is 339 g/mol. The Kier molecular flexibility index (Phi) is 4.88. The highest BCUT2D eigenvalue weighted by molar-refractivity contribution is 5.95. The summed E-state index contributed by atoms with van der Waals surface area (Å²) in [6, 6.07) is 14.0. The second-order valence-electron chi connectivity index (χ2n) is 5.85. The van der Waals surface area contributed by atoms with Crippen molar-refractivity contribution in [3.8, 4) is 11.4 Å². The lowest BCUT2D eigenvalue weighted by atomic mass is 10.1. The molecule has 2 aromatic carbocycles. The van der Waals surface area contributed by atoms with E-state index >= 15 is 0 Å². The number of hydrogen-bond acceptors (Lipinski definition) is 4. The summed E-state index contributed by atoms with van der Waals surface area (Å²) in [7, 11) is 0. The molecule has 1 aromatic heterocycles. The molecule has 128 valence electrons. The van der Waals surface area contributed by atoms with Crippen LogP contribution in [0.4, 0.5) is 4.39 Å². The number of nitrogens with one attached hydrogen (secondary N) is 1. The molecule has 0 spiro atoms. The Labute approximate surface area is 144 Å². The second kappa shape index (κ2) is 7.25. The van der Waals surface area contributed by atoms with Gasteiger partial charge in [-0.3, -0.25) is 4.79 Å². The van der Waals surface area contributed by atoms with Crippen LogP contribution in [0.15, 0.2) is 53.1 Å². The summed E-state index contributed by atoms with van der Waals surface area (Å²) < 4.78 is 18.8. The summed E-state index contributed by atoms with van der Waals surface area (Å²) in [5, 5.41) is 6.75. The molecule has 1 N–H and O–H groups in total. The topological polar surface area (TPSA) is 68.0 Å². The van der Waals surface area contributed by atoms with Crippen LogP contribution in [0.2, 0.25) is 0 Å². The average molecular weight is 339 g/mol. The number of aromatic nitrogens is 2. The quantitative estimate of drug-likeness (QED) is 0.769. The predicted octanol–water partition coefficient (Wildman–Crippen LogP) is 3.72. The zero-order chi connectivity index (χ0) is 17.8. The lowest BCUT2D eigenvalue weighted by Crippen LogP contribution is -2.28. The van der Waals surface area contributed by atoms with Crippen LogP contribution in [-0.2, 0) is 0 Å². The lowest BCUT2D eigenvalue weighted by Gasteiger charge is -2.10. The van der Waals surface area contributed by atoms with Crippen LogP contribution in [-0.4, -0.2) is 22.6 Å². The van der Waals surface area contributed by atoms with Crippen molar-refractivity contribution in [2.75, 3.05) is 6.54 Å². The average Bonchev–Trinajstić information content (AvgIpc) is 3.13. The second-order valence-corrected chi connectivity index (χ2v) is 5.85. The number of nitrogens with zero attached hydrogens (tertiary/aromatic N) is 2. The van der Waals surface area contributed by atoms with Crippen LogP contribution in [0.1, 0.15) is 34.7 Å². The Balaban J connectivity index is 1.65. The Morgan fingerprint density at radius 1 is 1.20 bits per heavy atom. The molecule has 6 heteroatoms. The molecule has 0 bridgehead atoms. The molecule has 0 aliphatic carbocycles. The van der Waals surface area contributed by atoms with Crippen molar-refractivity contribution in [2.45, 2.75) is 19.8 Å². The first-order valence-corrected chi connectivity index (χ1v) is 7.98. The van der Waals surface area contributed by atoms with Gasteiger partial charge in [0.25, 0.3) is 5.91 Å². The highest BCUT2D eigenvalue weighted by Gasteiger charge is 2.17. The van der Waals surface area contributed by atoms with Gasteiger partial charge in [0, 0.05) is 17.7 Å². The first-order valence-electron chi connectivity index (χ1n) is 7.98. The fourth-order valence-corrected chi connectivity index (χ4v) is 2.42. The third-order valence-corrected chi connectivity index (χ3v) is 3.98. The molecule has 0 radical (unpaired) electrons. The molecule has 5 nitrogen and oxygen atoms in total. The third kappa shape index (κ3) is 3.74. The Morgan fingerprint density at radius 3 is 2.72 bits per heavy atom. The lowest BCUT2D eigenvalue weighted by molar-refractivity contribution is 0.0949. The largest absolute Gasteiger partial charge is 0.351 e. The number of rotatable bonds is 5. The number of halogens is 1. The van der Waals surface area contributed by atoms with Gasteiger partial charge < -0.3 is 9.84 Å². The maximum atomic E-state index is 13.6. The highest BCUT2D eigenvalue weighted by atomic mass is 19.1. The zero-order valence-electron chi connectivity index (χ0n) is 14.0. The molecular weight excluding hydrogens is 321 g/mol. The van der Waals surface area contributed by atoms with Crippen molar-refractivity contribution in [1.29, 1.82) is 0 Å². The smallest absolute Gasteiger partial charge is 0.251 e. The van der Waals surface area contributed by atoms with Gasteiger partial charge in [0.15, 0.2) is 0 Å². The molecule has 25 heavy (non-hydrogen) atoms. The molecule has 1 atom stereocenters. The molecule has 1 heterocycles. The van der Waals surface area contributed by atoms with Crippen LogP contribution >= 0.6 is 0 Å². The molecular formula is C19H18FN3O2. The van der Waals surface area contributed by atoms with Crippen molar-refractivity contribution in [1.82, 2.24) is 15.5 Å². The van der Waals surface area contributed by atoms with Gasteiger partial charge in [0.2, 0.25) is 11.7 Å². The van der Waals surface area contributed by atoms with Gasteiger partial charge in [-0.05, 0) is 24.6 Å². The van der Waals surface area contributed by atoms with E-state index in [4.69, 9.17) is 4.52 Å². The highest BCUT2D eigenvalue weighted by Crippen LogP contribution is 2.19. The number of benzene rings is 2.